The summed E-state index contributed by atoms with van der Waals surface area (Å²) in [5.41, 5.74) is 6.44. The molecule has 0 aliphatic carbocycles. The van der Waals surface area contributed by atoms with Gasteiger partial charge in [0, 0.05) is 43.1 Å². The number of phenols is 1. The molecule has 1 aliphatic rings. The minimum atomic E-state index is -0.992. The standard InChI is InChI=1S/C42H64N6O9S/c1-9-13-36(51)56-24-48(42(55)37(26(5)10-2)46-40(54)33-14-11-12-19-47(33)8)34(25(3)4)22-35(57-28(7)49)41-45-32(23-58-41)39(53)44-30(20-27(6)38(43)52)21-29-15-17-31(50)18-16-29/h15-18,23,25-27,30,33-35,37,50H,9-14,19-22,24H2,1-8H3,(H2,43,52)(H,44,53)(H,46,54)/t26?,27-,30+,33+,34+,35+,37?/m0/s1. The van der Waals surface area contributed by atoms with Gasteiger partial charge in [0.2, 0.25) is 17.7 Å². The van der Waals surface area contributed by atoms with E-state index in [1.807, 2.05) is 46.6 Å². The topological polar surface area (TPSA) is 211 Å². The van der Waals surface area contributed by atoms with Gasteiger partial charge in [-0.1, -0.05) is 66.5 Å². The quantitative estimate of drug-likeness (QED) is 0.0930. The number of hydrogen-bond donors (Lipinski definition) is 4. The zero-order valence-corrected chi connectivity index (χ0v) is 36.1. The number of piperidine rings is 1. The highest BCUT2D eigenvalue weighted by Crippen LogP contribution is 2.32. The van der Waals surface area contributed by atoms with Gasteiger partial charge in [-0.3, -0.25) is 33.7 Å². The summed E-state index contributed by atoms with van der Waals surface area (Å²) in [4.78, 5) is 87.4. The number of aromatic hydroxyl groups is 1. The lowest BCUT2D eigenvalue weighted by atomic mass is 9.92. The molecule has 2 aromatic rings. The van der Waals surface area contributed by atoms with E-state index >= 15 is 0 Å². The van der Waals surface area contributed by atoms with Crippen LogP contribution in [-0.2, 0) is 39.9 Å². The normalized spacial score (nSPS) is 17.6. The van der Waals surface area contributed by atoms with Crippen LogP contribution in [0.15, 0.2) is 29.6 Å². The van der Waals surface area contributed by atoms with Crippen LogP contribution in [0.5, 0.6) is 5.75 Å². The molecule has 0 spiro atoms. The van der Waals surface area contributed by atoms with Crippen LogP contribution in [0.1, 0.15) is 127 Å². The number of benzene rings is 1. The predicted octanol–water partition coefficient (Wildman–Crippen LogP) is 4.86. The van der Waals surface area contributed by atoms with Crippen molar-refractivity contribution in [3.8, 4) is 5.75 Å². The number of phenolic OH excluding ortho intramolecular Hbond substituents is 1. The Morgan fingerprint density at radius 2 is 1.72 bits per heavy atom. The van der Waals surface area contributed by atoms with Gasteiger partial charge in [0.05, 0.1) is 6.04 Å². The van der Waals surface area contributed by atoms with Crippen LogP contribution in [0.2, 0.25) is 0 Å². The van der Waals surface area contributed by atoms with Gasteiger partial charge in [0.25, 0.3) is 5.91 Å². The van der Waals surface area contributed by atoms with Crippen LogP contribution in [0, 0.1) is 17.8 Å². The van der Waals surface area contributed by atoms with Crippen molar-refractivity contribution in [2.75, 3.05) is 20.3 Å². The van der Waals surface area contributed by atoms with Crippen molar-refractivity contribution in [2.45, 2.75) is 137 Å². The minimum absolute atomic E-state index is 0.0506. The van der Waals surface area contributed by atoms with Crippen LogP contribution >= 0.6 is 11.3 Å². The summed E-state index contributed by atoms with van der Waals surface area (Å²) in [6, 6.07) is 4.07. The summed E-state index contributed by atoms with van der Waals surface area (Å²) in [5.74, 6) is -3.70. The first-order chi connectivity index (χ1) is 27.4. The molecule has 15 nitrogen and oxygen atoms in total. The van der Waals surface area contributed by atoms with Gasteiger partial charge in [-0.15, -0.1) is 11.3 Å². The minimum Gasteiger partial charge on any atom is -0.508 e. The molecule has 2 unspecified atom stereocenters. The number of carbonyl (C=O) groups excluding carboxylic acids is 6. The Morgan fingerprint density at radius 3 is 2.31 bits per heavy atom. The molecule has 1 aromatic heterocycles. The van der Waals surface area contributed by atoms with Crippen molar-refractivity contribution in [3.63, 3.8) is 0 Å². The van der Waals surface area contributed by atoms with E-state index in [4.69, 9.17) is 15.2 Å². The van der Waals surface area contributed by atoms with Gasteiger partial charge in [-0.25, -0.2) is 4.98 Å². The fourth-order valence-electron chi connectivity index (χ4n) is 7.09. The zero-order valence-electron chi connectivity index (χ0n) is 35.3. The number of thiazole rings is 1. The molecular formula is C42H64N6O9S. The molecule has 7 atom stereocenters. The molecule has 5 N–H and O–H groups in total. The Kier molecular flexibility index (Phi) is 19.1. The summed E-state index contributed by atoms with van der Waals surface area (Å²) < 4.78 is 11.5. The lowest BCUT2D eigenvalue weighted by Gasteiger charge is -2.39. The third-order valence-electron chi connectivity index (χ3n) is 10.8. The largest absolute Gasteiger partial charge is 0.508 e. The van der Waals surface area contributed by atoms with Gasteiger partial charge in [0.15, 0.2) is 12.8 Å². The number of nitrogens with one attached hydrogen (secondary N) is 2. The van der Waals surface area contributed by atoms with Gasteiger partial charge >= 0.3 is 11.9 Å². The highest BCUT2D eigenvalue weighted by atomic mass is 32.1. The van der Waals surface area contributed by atoms with E-state index in [9.17, 15) is 33.9 Å². The molecule has 1 aromatic carbocycles. The molecule has 3 rings (SSSR count). The van der Waals surface area contributed by atoms with Crippen LogP contribution in [0.3, 0.4) is 0 Å². The lowest BCUT2D eigenvalue weighted by Crippen LogP contribution is -2.59. The summed E-state index contributed by atoms with van der Waals surface area (Å²) in [7, 11) is 1.90. The van der Waals surface area contributed by atoms with E-state index in [1.54, 1.807) is 36.6 Å². The first kappa shape index (κ1) is 47.8. The van der Waals surface area contributed by atoms with E-state index < -0.39 is 59.8 Å². The number of rotatable bonds is 22. The summed E-state index contributed by atoms with van der Waals surface area (Å²) >= 11 is 1.12. The number of ether oxygens (including phenoxy) is 2. The molecule has 58 heavy (non-hydrogen) atoms. The zero-order chi connectivity index (χ0) is 43.1. The second-order valence-corrected chi connectivity index (χ2v) is 16.8. The molecule has 0 saturated carbocycles. The van der Waals surface area contributed by atoms with Crippen LogP contribution in [-0.4, -0.2) is 99.9 Å². The number of esters is 2. The number of aromatic nitrogens is 1. The van der Waals surface area contributed by atoms with Crippen molar-refractivity contribution in [1.29, 1.82) is 0 Å². The van der Waals surface area contributed by atoms with Crippen molar-refractivity contribution in [2.24, 2.45) is 23.5 Å². The molecule has 1 fully saturated rings. The first-order valence-electron chi connectivity index (χ1n) is 20.4. The number of hydrogen-bond acceptors (Lipinski definition) is 12. The maximum absolute atomic E-state index is 14.8. The third-order valence-corrected chi connectivity index (χ3v) is 11.7. The Hall–Kier alpha value is -4.57. The number of nitrogens with two attached hydrogens (primary N) is 1. The van der Waals surface area contributed by atoms with Crippen molar-refractivity contribution >= 4 is 46.9 Å². The highest BCUT2D eigenvalue weighted by Gasteiger charge is 2.39. The van der Waals surface area contributed by atoms with Crippen molar-refractivity contribution in [3.05, 3.63) is 45.9 Å². The average molecular weight is 829 g/mol. The average Bonchev–Trinajstić information content (AvgIpc) is 3.67. The predicted molar refractivity (Wildman–Crippen MR) is 220 cm³/mol. The van der Waals surface area contributed by atoms with Gasteiger partial charge in [-0.2, -0.15) is 0 Å². The van der Waals surface area contributed by atoms with E-state index in [2.05, 4.69) is 15.6 Å². The number of likely N-dealkylation sites (N-methyl/N-ethyl adjacent to an activating group) is 1. The maximum Gasteiger partial charge on any atom is 0.307 e. The Morgan fingerprint density at radius 1 is 1.03 bits per heavy atom. The molecule has 1 aliphatic heterocycles. The van der Waals surface area contributed by atoms with E-state index in [0.29, 0.717) is 30.7 Å². The van der Waals surface area contributed by atoms with E-state index in [0.717, 1.165) is 36.3 Å². The first-order valence-corrected chi connectivity index (χ1v) is 21.3. The monoisotopic (exact) mass is 828 g/mol. The van der Waals surface area contributed by atoms with Crippen LogP contribution < -0.4 is 16.4 Å². The highest BCUT2D eigenvalue weighted by molar-refractivity contribution is 7.09. The number of likely N-dealkylation sites (tertiary alicyclic amines) is 1. The summed E-state index contributed by atoms with van der Waals surface area (Å²) in [6.07, 6.45) is 3.55. The Labute approximate surface area is 346 Å². The fourth-order valence-corrected chi connectivity index (χ4v) is 7.93. The molecular weight excluding hydrogens is 765 g/mol. The molecule has 0 bridgehead atoms. The van der Waals surface area contributed by atoms with Gasteiger partial charge in [0.1, 0.15) is 22.5 Å². The van der Waals surface area contributed by atoms with Gasteiger partial charge < -0.3 is 35.8 Å². The molecule has 2 heterocycles. The van der Waals surface area contributed by atoms with Crippen molar-refractivity contribution in [1.82, 2.24) is 25.4 Å². The smallest absolute Gasteiger partial charge is 0.307 e. The lowest BCUT2D eigenvalue weighted by molar-refractivity contribution is -0.160. The Bertz CT molecular complexity index is 1680. The van der Waals surface area contributed by atoms with Gasteiger partial charge in [-0.05, 0) is 75.2 Å². The second-order valence-electron chi connectivity index (χ2n) is 15.9. The van der Waals surface area contributed by atoms with E-state index in [-0.39, 0.29) is 61.2 Å². The second kappa shape index (κ2) is 23.1. The maximum atomic E-state index is 14.8. The molecule has 4 amide bonds. The van der Waals surface area contributed by atoms with E-state index in [1.165, 1.54) is 11.8 Å². The van der Waals surface area contributed by atoms with Crippen LogP contribution in [0.4, 0.5) is 0 Å². The third kappa shape index (κ3) is 14.4. The number of carbonyl (C=O) groups is 6. The molecule has 322 valence electrons. The SMILES string of the molecule is CCCC(=O)OCN(C(=O)C(NC(=O)[C@H]1CCCCN1C)C(C)CC)[C@H](C[C@@H](OC(C)=O)c1nc(C(=O)N[C@@H](Cc2ccc(O)cc2)C[C@H](C)C(N)=O)cs1)C(C)C. The molecule has 1 saturated heterocycles. The number of primary amides is 1. The molecule has 16 heteroatoms. The number of nitrogens with zero attached hydrogens (tertiary/aromatic N) is 3. The number of amides is 4. The molecule has 0 radical (unpaired) electrons. The summed E-state index contributed by atoms with van der Waals surface area (Å²) in [6.45, 7) is 12.8. The Balaban J connectivity index is 1.95. The van der Waals surface area contributed by atoms with Crippen molar-refractivity contribution < 1.29 is 43.3 Å². The van der Waals surface area contributed by atoms with Crippen LogP contribution in [0.25, 0.3) is 0 Å². The fraction of sp³-hybridized carbons (Fsp3) is 0.643. The summed E-state index contributed by atoms with van der Waals surface area (Å²) in [5, 5.41) is 17.6.